The van der Waals surface area contributed by atoms with Gasteiger partial charge in [-0.2, -0.15) is 0 Å². The number of carbonyl (C=O) groups is 1. The molecule has 2 aliphatic rings. The molecule has 0 aromatic carbocycles. The van der Waals surface area contributed by atoms with Crippen molar-refractivity contribution in [2.24, 2.45) is 0 Å². The Morgan fingerprint density at radius 2 is 1.94 bits per heavy atom. The second-order valence-electron chi connectivity index (χ2n) is 4.95. The third-order valence-electron chi connectivity index (χ3n) is 3.39. The molecule has 1 aliphatic heterocycles. The maximum atomic E-state index is 10.9. The molecule has 1 saturated carbocycles. The van der Waals surface area contributed by atoms with E-state index < -0.39 is 0 Å². The van der Waals surface area contributed by atoms with Gasteiger partial charge in [0.05, 0.1) is 6.10 Å². The minimum atomic E-state index is -0.190. The van der Waals surface area contributed by atoms with E-state index in [9.17, 15) is 4.79 Å². The molecule has 1 unspecified atom stereocenters. The predicted molar refractivity (Wildman–Crippen MR) is 62.5 cm³/mol. The number of rotatable bonds is 3. The van der Waals surface area contributed by atoms with Gasteiger partial charge in [-0.3, -0.25) is 4.79 Å². The van der Waals surface area contributed by atoms with E-state index in [0.29, 0.717) is 0 Å². The summed E-state index contributed by atoms with van der Waals surface area (Å²) in [6, 6.07) is 0. The van der Waals surface area contributed by atoms with Crippen molar-refractivity contribution in [2.45, 2.75) is 70.4 Å². The number of hydrogen-bond donors (Lipinski definition) is 0. The average molecular weight is 242 g/mol. The molecule has 1 saturated heterocycles. The maximum Gasteiger partial charge on any atom is 0.302 e. The van der Waals surface area contributed by atoms with Crippen LogP contribution in [0.4, 0.5) is 0 Å². The summed E-state index contributed by atoms with van der Waals surface area (Å²) in [6.07, 6.45) is 7.41. The summed E-state index contributed by atoms with van der Waals surface area (Å²) in [5.41, 5.74) is 0. The molecule has 0 bridgehead atoms. The lowest BCUT2D eigenvalue weighted by Gasteiger charge is -2.32. The van der Waals surface area contributed by atoms with E-state index in [1.165, 1.54) is 13.3 Å². The van der Waals surface area contributed by atoms with Crippen molar-refractivity contribution in [3.63, 3.8) is 0 Å². The highest BCUT2D eigenvalue weighted by atomic mass is 16.7. The normalized spacial score (nSPS) is 34.3. The Kier molecular flexibility index (Phi) is 4.80. The molecule has 17 heavy (non-hydrogen) atoms. The molecule has 0 spiro atoms. The van der Waals surface area contributed by atoms with Gasteiger partial charge in [0.25, 0.3) is 0 Å². The highest BCUT2D eigenvalue weighted by molar-refractivity contribution is 5.66. The third-order valence-corrected chi connectivity index (χ3v) is 3.39. The number of ether oxygens (including phenoxy) is 3. The van der Waals surface area contributed by atoms with Crippen LogP contribution in [0.1, 0.15) is 51.9 Å². The summed E-state index contributed by atoms with van der Waals surface area (Å²) in [5, 5.41) is 0. The van der Waals surface area contributed by atoms with Gasteiger partial charge in [0.2, 0.25) is 0 Å². The van der Waals surface area contributed by atoms with Crippen LogP contribution in [0, 0.1) is 0 Å². The van der Waals surface area contributed by atoms with Gasteiger partial charge in [0, 0.05) is 20.0 Å². The first-order chi connectivity index (χ1) is 8.24. The molecule has 2 rings (SSSR count). The molecule has 3 atom stereocenters. The van der Waals surface area contributed by atoms with Crippen LogP contribution in [0.15, 0.2) is 0 Å². The molecular formula is C13H22O4. The fourth-order valence-corrected chi connectivity index (χ4v) is 2.60. The Labute approximate surface area is 103 Å². The topological polar surface area (TPSA) is 44.8 Å². The molecular weight excluding hydrogens is 220 g/mol. The van der Waals surface area contributed by atoms with E-state index in [4.69, 9.17) is 14.2 Å². The van der Waals surface area contributed by atoms with Crippen LogP contribution in [-0.2, 0) is 19.0 Å². The monoisotopic (exact) mass is 242 g/mol. The Morgan fingerprint density at radius 1 is 1.12 bits per heavy atom. The quantitative estimate of drug-likeness (QED) is 0.713. The second kappa shape index (κ2) is 6.36. The van der Waals surface area contributed by atoms with E-state index in [0.717, 1.165) is 45.1 Å². The largest absolute Gasteiger partial charge is 0.462 e. The number of carbonyl (C=O) groups excluding carboxylic acids is 1. The van der Waals surface area contributed by atoms with Crippen LogP contribution in [0.25, 0.3) is 0 Å². The van der Waals surface area contributed by atoms with Gasteiger partial charge in [0.15, 0.2) is 6.29 Å². The summed E-state index contributed by atoms with van der Waals surface area (Å²) < 4.78 is 16.7. The molecule has 0 N–H and O–H groups in total. The van der Waals surface area contributed by atoms with Crippen LogP contribution in [0.3, 0.4) is 0 Å². The number of esters is 1. The lowest BCUT2D eigenvalue weighted by Crippen LogP contribution is -2.34. The first kappa shape index (κ1) is 12.8. The van der Waals surface area contributed by atoms with E-state index in [-0.39, 0.29) is 24.5 Å². The van der Waals surface area contributed by atoms with Crippen LogP contribution in [-0.4, -0.2) is 31.1 Å². The molecule has 4 nitrogen and oxygen atoms in total. The molecule has 1 heterocycles. The van der Waals surface area contributed by atoms with Crippen LogP contribution >= 0.6 is 0 Å². The van der Waals surface area contributed by atoms with Crippen molar-refractivity contribution in [1.29, 1.82) is 0 Å². The Hall–Kier alpha value is -0.610. The molecule has 0 amide bonds. The van der Waals surface area contributed by atoms with Crippen molar-refractivity contribution >= 4 is 5.97 Å². The van der Waals surface area contributed by atoms with Crippen molar-refractivity contribution in [3.05, 3.63) is 0 Å². The van der Waals surface area contributed by atoms with Gasteiger partial charge in [-0.05, 0) is 38.5 Å². The van der Waals surface area contributed by atoms with Crippen LogP contribution in [0.5, 0.6) is 0 Å². The Morgan fingerprint density at radius 3 is 2.65 bits per heavy atom. The smallest absolute Gasteiger partial charge is 0.302 e. The molecule has 0 radical (unpaired) electrons. The minimum Gasteiger partial charge on any atom is -0.462 e. The molecule has 0 aromatic heterocycles. The fraction of sp³-hybridized carbons (Fsp3) is 0.923. The van der Waals surface area contributed by atoms with Gasteiger partial charge >= 0.3 is 5.97 Å². The van der Waals surface area contributed by atoms with Crippen LogP contribution in [0.2, 0.25) is 0 Å². The lowest BCUT2D eigenvalue weighted by molar-refractivity contribution is -0.200. The van der Waals surface area contributed by atoms with Crippen LogP contribution < -0.4 is 0 Å². The molecule has 4 heteroatoms. The summed E-state index contributed by atoms with van der Waals surface area (Å²) in [6.45, 7) is 2.28. The zero-order chi connectivity index (χ0) is 12.1. The standard InChI is InChI=1S/C13H22O4/c1-10(14)16-11-5-4-6-12(9-11)17-13-7-2-3-8-15-13/h11-13H,2-9H2,1H3/t11-,12+,13?/m0/s1. The molecule has 98 valence electrons. The van der Waals surface area contributed by atoms with Crippen molar-refractivity contribution in [3.8, 4) is 0 Å². The molecule has 1 aliphatic carbocycles. The SMILES string of the molecule is CC(=O)O[C@H]1CCC[C@@H](OC2CCCCO2)C1. The van der Waals surface area contributed by atoms with Gasteiger partial charge in [0.1, 0.15) is 6.10 Å². The summed E-state index contributed by atoms with van der Waals surface area (Å²) in [5.74, 6) is -0.190. The second-order valence-corrected chi connectivity index (χ2v) is 4.95. The van der Waals surface area contributed by atoms with E-state index >= 15 is 0 Å². The Balaban J connectivity index is 1.74. The first-order valence-corrected chi connectivity index (χ1v) is 6.68. The van der Waals surface area contributed by atoms with Gasteiger partial charge in [-0.25, -0.2) is 0 Å². The zero-order valence-corrected chi connectivity index (χ0v) is 10.5. The maximum absolute atomic E-state index is 10.9. The van der Waals surface area contributed by atoms with E-state index in [1.807, 2.05) is 0 Å². The number of hydrogen-bond acceptors (Lipinski definition) is 4. The minimum absolute atomic E-state index is 0.0369. The lowest BCUT2D eigenvalue weighted by atomic mass is 9.95. The summed E-state index contributed by atoms with van der Waals surface area (Å²) in [4.78, 5) is 10.9. The van der Waals surface area contributed by atoms with Crippen molar-refractivity contribution < 1.29 is 19.0 Å². The predicted octanol–water partition coefficient (Wildman–Crippen LogP) is 2.40. The fourth-order valence-electron chi connectivity index (χ4n) is 2.60. The van der Waals surface area contributed by atoms with E-state index in [2.05, 4.69) is 0 Å². The molecule has 2 fully saturated rings. The first-order valence-electron chi connectivity index (χ1n) is 6.68. The van der Waals surface area contributed by atoms with Crippen molar-refractivity contribution in [2.75, 3.05) is 6.61 Å². The highest BCUT2D eigenvalue weighted by Crippen LogP contribution is 2.26. The molecule has 0 aromatic rings. The zero-order valence-electron chi connectivity index (χ0n) is 10.5. The van der Waals surface area contributed by atoms with E-state index in [1.54, 1.807) is 0 Å². The van der Waals surface area contributed by atoms with Gasteiger partial charge in [-0.1, -0.05) is 0 Å². The van der Waals surface area contributed by atoms with Crippen molar-refractivity contribution in [1.82, 2.24) is 0 Å². The van der Waals surface area contributed by atoms with Gasteiger partial charge < -0.3 is 14.2 Å². The van der Waals surface area contributed by atoms with Gasteiger partial charge in [-0.15, -0.1) is 0 Å². The summed E-state index contributed by atoms with van der Waals surface area (Å²) in [7, 11) is 0. The summed E-state index contributed by atoms with van der Waals surface area (Å²) >= 11 is 0. The highest BCUT2D eigenvalue weighted by Gasteiger charge is 2.27. The average Bonchev–Trinajstić information content (AvgIpc) is 2.30. The Bertz CT molecular complexity index is 248. The third kappa shape index (κ3) is 4.28.